The Morgan fingerprint density at radius 1 is 1.00 bits per heavy atom. The molecule has 0 spiro atoms. The van der Waals surface area contributed by atoms with Crippen LogP contribution in [0.25, 0.3) is 11.5 Å². The molecule has 4 nitrogen and oxygen atoms in total. The van der Waals surface area contributed by atoms with Gasteiger partial charge in [0.1, 0.15) is 6.04 Å². The summed E-state index contributed by atoms with van der Waals surface area (Å²) in [5.41, 5.74) is 4.98. The normalized spacial score (nSPS) is 14.5. The zero-order valence-electron chi connectivity index (χ0n) is 13.1. The van der Waals surface area contributed by atoms with Crippen LogP contribution < -0.4 is 5.32 Å². The maximum Gasteiger partial charge on any atom is 0.247 e. The summed E-state index contributed by atoms with van der Waals surface area (Å²) < 4.78 is 5.81. The highest BCUT2D eigenvalue weighted by Gasteiger charge is 2.16. The van der Waals surface area contributed by atoms with Crippen LogP contribution in [0, 0.1) is 0 Å². The topological polar surface area (TPSA) is 51.0 Å². The number of aryl methyl sites for hydroxylation is 2. The fraction of sp³-hybridized carbons (Fsp3) is 0.263. The molecule has 0 fully saturated rings. The summed E-state index contributed by atoms with van der Waals surface area (Å²) in [5.74, 6) is 1.16. The Morgan fingerprint density at radius 3 is 2.70 bits per heavy atom. The summed E-state index contributed by atoms with van der Waals surface area (Å²) in [4.78, 5) is 0. The summed E-state index contributed by atoms with van der Waals surface area (Å²) in [6, 6.07) is 16.4. The van der Waals surface area contributed by atoms with E-state index >= 15 is 0 Å². The number of anilines is 1. The van der Waals surface area contributed by atoms with E-state index in [4.69, 9.17) is 4.42 Å². The van der Waals surface area contributed by atoms with E-state index in [1.165, 1.54) is 30.4 Å². The van der Waals surface area contributed by atoms with E-state index in [0.29, 0.717) is 11.8 Å². The average Bonchev–Trinajstić information content (AvgIpc) is 3.24. The maximum atomic E-state index is 5.81. The van der Waals surface area contributed by atoms with E-state index < -0.39 is 0 Å². The molecular formula is C19H19N3O. The monoisotopic (exact) mass is 305 g/mol. The lowest BCUT2D eigenvalue weighted by Gasteiger charge is -2.12. The van der Waals surface area contributed by atoms with E-state index in [1.807, 2.05) is 37.3 Å². The first-order valence-electron chi connectivity index (χ1n) is 8.07. The molecule has 0 saturated heterocycles. The van der Waals surface area contributed by atoms with Gasteiger partial charge in [-0.05, 0) is 61.6 Å². The van der Waals surface area contributed by atoms with Crippen molar-refractivity contribution in [3.63, 3.8) is 0 Å². The van der Waals surface area contributed by atoms with Crippen LogP contribution in [-0.2, 0) is 12.8 Å². The van der Waals surface area contributed by atoms with E-state index in [-0.39, 0.29) is 6.04 Å². The minimum absolute atomic E-state index is 0.0283. The van der Waals surface area contributed by atoms with Gasteiger partial charge in [-0.15, -0.1) is 10.2 Å². The zero-order valence-corrected chi connectivity index (χ0v) is 13.1. The third-order valence-corrected chi connectivity index (χ3v) is 4.31. The number of aromatic nitrogens is 2. The summed E-state index contributed by atoms with van der Waals surface area (Å²) in [6.45, 7) is 2.04. The number of rotatable bonds is 4. The third-order valence-electron chi connectivity index (χ3n) is 4.31. The second kappa shape index (κ2) is 5.88. The van der Waals surface area contributed by atoms with E-state index in [2.05, 4.69) is 33.7 Å². The third kappa shape index (κ3) is 2.84. The van der Waals surface area contributed by atoms with Crippen LogP contribution in [-0.4, -0.2) is 10.2 Å². The first kappa shape index (κ1) is 14.0. The summed E-state index contributed by atoms with van der Waals surface area (Å²) in [5, 5.41) is 11.8. The van der Waals surface area contributed by atoms with E-state index in [9.17, 15) is 0 Å². The molecule has 0 aliphatic heterocycles. The molecule has 2 aromatic carbocycles. The standard InChI is InChI=1S/C19H19N3O/c1-13(20-17-11-10-14-8-5-9-16(14)12-17)18-21-22-19(23-18)15-6-3-2-4-7-15/h2-4,6-7,10-13,20H,5,8-9H2,1H3. The fourth-order valence-electron chi connectivity index (χ4n) is 3.08. The van der Waals surface area contributed by atoms with E-state index in [0.717, 1.165) is 11.3 Å². The van der Waals surface area contributed by atoms with Gasteiger partial charge >= 0.3 is 0 Å². The van der Waals surface area contributed by atoms with Crippen molar-refractivity contribution < 1.29 is 4.42 Å². The molecule has 0 radical (unpaired) electrons. The Hall–Kier alpha value is -2.62. The predicted octanol–water partition coefficient (Wildman–Crippen LogP) is 4.40. The lowest BCUT2D eigenvalue weighted by Crippen LogP contribution is -2.07. The van der Waals surface area contributed by atoms with Crippen LogP contribution >= 0.6 is 0 Å². The smallest absolute Gasteiger partial charge is 0.247 e. The molecular weight excluding hydrogens is 286 g/mol. The van der Waals surface area contributed by atoms with Gasteiger partial charge in [0.2, 0.25) is 11.8 Å². The fourth-order valence-corrected chi connectivity index (χ4v) is 3.08. The lowest BCUT2D eigenvalue weighted by molar-refractivity contribution is 0.485. The molecule has 1 aliphatic rings. The van der Waals surface area contributed by atoms with Crippen molar-refractivity contribution in [1.82, 2.24) is 10.2 Å². The minimum Gasteiger partial charge on any atom is -0.418 e. The molecule has 116 valence electrons. The number of hydrogen-bond donors (Lipinski definition) is 1. The van der Waals surface area contributed by atoms with Crippen LogP contribution in [0.15, 0.2) is 52.9 Å². The first-order valence-corrected chi connectivity index (χ1v) is 8.07. The van der Waals surface area contributed by atoms with Gasteiger partial charge < -0.3 is 9.73 Å². The summed E-state index contributed by atoms with van der Waals surface area (Å²) in [6.07, 6.45) is 3.64. The van der Waals surface area contributed by atoms with Gasteiger partial charge in [-0.2, -0.15) is 0 Å². The molecule has 1 unspecified atom stereocenters. The van der Waals surface area contributed by atoms with Crippen LogP contribution in [0.5, 0.6) is 0 Å². The van der Waals surface area contributed by atoms with Crippen LogP contribution in [0.2, 0.25) is 0 Å². The van der Waals surface area contributed by atoms with Crippen molar-refractivity contribution in [1.29, 1.82) is 0 Å². The van der Waals surface area contributed by atoms with Crippen molar-refractivity contribution in [2.75, 3.05) is 5.32 Å². The van der Waals surface area contributed by atoms with Crippen molar-refractivity contribution in [2.24, 2.45) is 0 Å². The molecule has 0 saturated carbocycles. The highest BCUT2D eigenvalue weighted by Crippen LogP contribution is 2.27. The van der Waals surface area contributed by atoms with Gasteiger partial charge in [0.05, 0.1) is 0 Å². The number of hydrogen-bond acceptors (Lipinski definition) is 4. The number of benzene rings is 2. The Morgan fingerprint density at radius 2 is 1.83 bits per heavy atom. The Labute approximate surface area is 135 Å². The van der Waals surface area contributed by atoms with Gasteiger partial charge in [0, 0.05) is 11.3 Å². The minimum atomic E-state index is -0.0283. The van der Waals surface area contributed by atoms with Crippen molar-refractivity contribution in [2.45, 2.75) is 32.2 Å². The average molecular weight is 305 g/mol. The van der Waals surface area contributed by atoms with Gasteiger partial charge in [0.15, 0.2) is 0 Å². The molecule has 1 N–H and O–H groups in total. The molecule has 4 heteroatoms. The summed E-state index contributed by atoms with van der Waals surface area (Å²) >= 11 is 0. The second-order valence-corrected chi connectivity index (χ2v) is 6.01. The van der Waals surface area contributed by atoms with Crippen LogP contribution in [0.1, 0.15) is 36.4 Å². The molecule has 1 aromatic heterocycles. The van der Waals surface area contributed by atoms with E-state index in [1.54, 1.807) is 0 Å². The van der Waals surface area contributed by atoms with Crippen molar-refractivity contribution >= 4 is 5.69 Å². The molecule has 23 heavy (non-hydrogen) atoms. The quantitative estimate of drug-likeness (QED) is 0.776. The zero-order chi connectivity index (χ0) is 15.6. The molecule has 1 atom stereocenters. The van der Waals surface area contributed by atoms with Crippen LogP contribution in [0.4, 0.5) is 5.69 Å². The Balaban J connectivity index is 1.51. The first-order chi connectivity index (χ1) is 11.3. The SMILES string of the molecule is CC(Nc1ccc2c(c1)CCC2)c1nnc(-c2ccccc2)o1. The largest absolute Gasteiger partial charge is 0.418 e. The second-order valence-electron chi connectivity index (χ2n) is 6.01. The van der Waals surface area contributed by atoms with Crippen LogP contribution in [0.3, 0.4) is 0 Å². The van der Waals surface area contributed by atoms with Gasteiger partial charge in [-0.3, -0.25) is 0 Å². The van der Waals surface area contributed by atoms with Crippen molar-refractivity contribution in [3.8, 4) is 11.5 Å². The molecule has 0 amide bonds. The van der Waals surface area contributed by atoms with Gasteiger partial charge in [-0.1, -0.05) is 24.3 Å². The molecule has 1 aliphatic carbocycles. The molecule has 3 aromatic rings. The maximum absolute atomic E-state index is 5.81. The predicted molar refractivity (Wildman–Crippen MR) is 90.2 cm³/mol. The summed E-state index contributed by atoms with van der Waals surface area (Å²) in [7, 11) is 0. The van der Waals surface area contributed by atoms with Crippen molar-refractivity contribution in [3.05, 3.63) is 65.5 Å². The number of fused-ring (bicyclic) bond motifs is 1. The lowest BCUT2D eigenvalue weighted by atomic mass is 10.1. The van der Waals surface area contributed by atoms with Gasteiger partial charge in [-0.25, -0.2) is 0 Å². The number of nitrogens with one attached hydrogen (secondary N) is 1. The highest BCUT2D eigenvalue weighted by atomic mass is 16.4. The Bertz CT molecular complexity index is 810. The number of nitrogens with zero attached hydrogens (tertiary/aromatic N) is 2. The Kier molecular flexibility index (Phi) is 3.58. The highest BCUT2D eigenvalue weighted by molar-refractivity contribution is 5.53. The van der Waals surface area contributed by atoms with Gasteiger partial charge in [0.25, 0.3) is 0 Å². The molecule has 4 rings (SSSR count). The molecule has 1 heterocycles. The molecule has 0 bridgehead atoms.